The summed E-state index contributed by atoms with van der Waals surface area (Å²) < 4.78 is 0. The molecular weight excluding hydrogens is 156 g/mol. The van der Waals surface area contributed by atoms with E-state index in [4.69, 9.17) is 5.11 Å². The van der Waals surface area contributed by atoms with Gasteiger partial charge in [0.15, 0.2) is 0 Å². The van der Waals surface area contributed by atoms with Crippen molar-refractivity contribution in [3.63, 3.8) is 0 Å². The minimum Gasteiger partial charge on any atom is -0.393 e. The van der Waals surface area contributed by atoms with E-state index >= 15 is 0 Å². The van der Waals surface area contributed by atoms with Crippen molar-refractivity contribution in [3.8, 4) is 0 Å². The molecule has 2 N–H and O–H groups in total. The van der Waals surface area contributed by atoms with Crippen LogP contribution in [0, 0.1) is 0 Å². The van der Waals surface area contributed by atoms with E-state index in [2.05, 4.69) is 0 Å². The Kier molecular flexibility index (Phi) is 2.96. The van der Waals surface area contributed by atoms with Crippen molar-refractivity contribution in [3.05, 3.63) is 35.4 Å². The van der Waals surface area contributed by atoms with Crippen molar-refractivity contribution >= 4 is 6.29 Å². The first-order chi connectivity index (χ1) is 5.79. The molecule has 1 rings (SSSR count). The third-order valence-electron chi connectivity index (χ3n) is 1.65. The SMILES string of the molecule is O=Cc1ccccc1C(O)CO. The fourth-order valence-corrected chi connectivity index (χ4v) is 1.02. The molecule has 0 amide bonds. The lowest BCUT2D eigenvalue weighted by Gasteiger charge is -2.08. The summed E-state index contributed by atoms with van der Waals surface area (Å²) in [7, 11) is 0. The summed E-state index contributed by atoms with van der Waals surface area (Å²) in [4.78, 5) is 10.5. The van der Waals surface area contributed by atoms with Crippen LogP contribution in [0.4, 0.5) is 0 Å². The highest BCUT2D eigenvalue weighted by molar-refractivity contribution is 5.77. The van der Waals surface area contributed by atoms with Crippen LogP contribution >= 0.6 is 0 Å². The summed E-state index contributed by atoms with van der Waals surface area (Å²) in [6.45, 7) is -0.370. The Morgan fingerprint density at radius 2 is 2.08 bits per heavy atom. The van der Waals surface area contributed by atoms with Crippen molar-refractivity contribution in [1.82, 2.24) is 0 Å². The number of aldehydes is 1. The average molecular weight is 166 g/mol. The number of benzene rings is 1. The number of carbonyl (C=O) groups is 1. The first kappa shape index (κ1) is 8.90. The van der Waals surface area contributed by atoms with Crippen LogP contribution in [-0.4, -0.2) is 23.1 Å². The molecule has 1 aromatic carbocycles. The molecule has 0 heterocycles. The maximum absolute atomic E-state index is 10.5. The molecule has 0 aliphatic carbocycles. The Labute approximate surface area is 70.3 Å². The summed E-state index contributed by atoms with van der Waals surface area (Å²) in [5.41, 5.74) is 0.883. The molecule has 12 heavy (non-hydrogen) atoms. The molecule has 3 nitrogen and oxygen atoms in total. The molecule has 0 saturated carbocycles. The second-order valence-corrected chi connectivity index (χ2v) is 2.45. The van der Waals surface area contributed by atoms with Crippen molar-refractivity contribution in [1.29, 1.82) is 0 Å². The molecular formula is C9H10O3. The molecule has 0 aliphatic rings. The molecule has 0 spiro atoms. The van der Waals surface area contributed by atoms with Gasteiger partial charge in [0.1, 0.15) is 12.4 Å². The van der Waals surface area contributed by atoms with E-state index < -0.39 is 6.10 Å². The van der Waals surface area contributed by atoms with Gasteiger partial charge >= 0.3 is 0 Å². The number of aliphatic hydroxyl groups excluding tert-OH is 2. The predicted molar refractivity (Wildman–Crippen MR) is 43.9 cm³/mol. The second-order valence-electron chi connectivity index (χ2n) is 2.45. The zero-order chi connectivity index (χ0) is 8.97. The van der Waals surface area contributed by atoms with Gasteiger partial charge in [-0.25, -0.2) is 0 Å². The van der Waals surface area contributed by atoms with Gasteiger partial charge in [-0.15, -0.1) is 0 Å². The Bertz CT molecular complexity index is 270. The fourth-order valence-electron chi connectivity index (χ4n) is 1.02. The molecule has 3 heteroatoms. The van der Waals surface area contributed by atoms with E-state index in [0.717, 1.165) is 0 Å². The zero-order valence-corrected chi connectivity index (χ0v) is 6.47. The van der Waals surface area contributed by atoms with Crippen molar-refractivity contribution in [2.45, 2.75) is 6.10 Å². The second kappa shape index (κ2) is 3.99. The highest BCUT2D eigenvalue weighted by atomic mass is 16.3. The normalized spacial score (nSPS) is 12.5. The average Bonchev–Trinajstić information content (AvgIpc) is 2.16. The standard InChI is InChI=1S/C9H10O3/c10-5-7-3-1-2-4-8(7)9(12)6-11/h1-5,9,11-12H,6H2. The van der Waals surface area contributed by atoms with Gasteiger partial charge in [0, 0.05) is 5.56 Å². The molecule has 0 bridgehead atoms. The number of aliphatic hydroxyl groups is 2. The van der Waals surface area contributed by atoms with Crippen LogP contribution in [0.1, 0.15) is 22.0 Å². The van der Waals surface area contributed by atoms with Crippen LogP contribution < -0.4 is 0 Å². The molecule has 0 aromatic heterocycles. The molecule has 64 valence electrons. The van der Waals surface area contributed by atoms with Crippen LogP contribution in [0.2, 0.25) is 0 Å². The van der Waals surface area contributed by atoms with Crippen molar-refractivity contribution in [2.24, 2.45) is 0 Å². The lowest BCUT2D eigenvalue weighted by Crippen LogP contribution is -2.05. The van der Waals surface area contributed by atoms with Crippen molar-refractivity contribution < 1.29 is 15.0 Å². The lowest BCUT2D eigenvalue weighted by molar-refractivity contribution is 0.0935. The molecule has 0 fully saturated rings. The summed E-state index contributed by atoms with van der Waals surface area (Å²) in [6.07, 6.45) is -0.305. The van der Waals surface area contributed by atoms with Crippen LogP contribution in [0.25, 0.3) is 0 Å². The van der Waals surface area contributed by atoms with E-state index in [-0.39, 0.29) is 6.61 Å². The smallest absolute Gasteiger partial charge is 0.150 e. The first-order valence-electron chi connectivity index (χ1n) is 3.62. The third-order valence-corrected chi connectivity index (χ3v) is 1.65. The largest absolute Gasteiger partial charge is 0.393 e. The number of carbonyl (C=O) groups excluding carboxylic acids is 1. The van der Waals surface area contributed by atoms with E-state index in [1.165, 1.54) is 0 Å². The number of hydrogen-bond acceptors (Lipinski definition) is 3. The predicted octanol–water partition coefficient (Wildman–Crippen LogP) is 0.525. The maximum atomic E-state index is 10.5. The number of rotatable bonds is 3. The Morgan fingerprint density at radius 3 is 2.67 bits per heavy atom. The van der Waals surface area contributed by atoms with Gasteiger partial charge in [-0.3, -0.25) is 4.79 Å². The highest BCUT2D eigenvalue weighted by Gasteiger charge is 2.09. The fraction of sp³-hybridized carbons (Fsp3) is 0.222. The van der Waals surface area contributed by atoms with Gasteiger partial charge in [-0.1, -0.05) is 24.3 Å². The number of hydrogen-bond donors (Lipinski definition) is 2. The quantitative estimate of drug-likeness (QED) is 0.644. The monoisotopic (exact) mass is 166 g/mol. The minimum atomic E-state index is -0.966. The zero-order valence-electron chi connectivity index (χ0n) is 6.47. The van der Waals surface area contributed by atoms with Gasteiger partial charge < -0.3 is 10.2 Å². The molecule has 1 aromatic rings. The van der Waals surface area contributed by atoms with Gasteiger partial charge in [0.25, 0.3) is 0 Å². The Morgan fingerprint density at radius 1 is 1.42 bits per heavy atom. The molecule has 1 atom stereocenters. The van der Waals surface area contributed by atoms with E-state index in [1.807, 2.05) is 0 Å². The summed E-state index contributed by atoms with van der Waals surface area (Å²) >= 11 is 0. The molecule has 0 saturated heterocycles. The highest BCUT2D eigenvalue weighted by Crippen LogP contribution is 2.15. The minimum absolute atomic E-state index is 0.370. The Balaban J connectivity index is 3.04. The summed E-state index contributed by atoms with van der Waals surface area (Å²) in [6, 6.07) is 6.63. The van der Waals surface area contributed by atoms with Gasteiger partial charge in [0.2, 0.25) is 0 Å². The van der Waals surface area contributed by atoms with Crippen LogP contribution in [0.15, 0.2) is 24.3 Å². The molecule has 0 radical (unpaired) electrons. The maximum Gasteiger partial charge on any atom is 0.150 e. The van der Waals surface area contributed by atoms with Gasteiger partial charge in [-0.05, 0) is 5.56 Å². The van der Waals surface area contributed by atoms with Crippen molar-refractivity contribution in [2.75, 3.05) is 6.61 Å². The topological polar surface area (TPSA) is 57.5 Å². The van der Waals surface area contributed by atoms with Crippen LogP contribution in [0.3, 0.4) is 0 Å². The molecule has 0 aliphatic heterocycles. The van der Waals surface area contributed by atoms with E-state index in [9.17, 15) is 9.90 Å². The van der Waals surface area contributed by atoms with Crippen LogP contribution in [0.5, 0.6) is 0 Å². The van der Waals surface area contributed by atoms with E-state index in [1.54, 1.807) is 24.3 Å². The summed E-state index contributed by atoms with van der Waals surface area (Å²) in [5, 5.41) is 17.9. The third kappa shape index (κ3) is 1.69. The van der Waals surface area contributed by atoms with E-state index in [0.29, 0.717) is 17.4 Å². The summed E-state index contributed by atoms with van der Waals surface area (Å²) in [5.74, 6) is 0. The first-order valence-corrected chi connectivity index (χ1v) is 3.62. The van der Waals surface area contributed by atoms with Gasteiger partial charge in [-0.2, -0.15) is 0 Å². The van der Waals surface area contributed by atoms with Gasteiger partial charge in [0.05, 0.1) is 6.61 Å². The van der Waals surface area contributed by atoms with Crippen LogP contribution in [-0.2, 0) is 0 Å². The lowest BCUT2D eigenvalue weighted by atomic mass is 10.0. The molecule has 1 unspecified atom stereocenters. The Hall–Kier alpha value is -1.19.